The van der Waals surface area contributed by atoms with Crippen LogP contribution in [0.4, 0.5) is 4.79 Å². The molecule has 1 aromatic carbocycles. The first-order valence-corrected chi connectivity index (χ1v) is 10.0. The summed E-state index contributed by atoms with van der Waals surface area (Å²) in [6.45, 7) is 2.05. The first-order valence-electron chi connectivity index (χ1n) is 9.25. The second-order valence-electron chi connectivity index (χ2n) is 7.00. The van der Waals surface area contributed by atoms with E-state index in [-0.39, 0.29) is 19.4 Å². The molecule has 2 heterocycles. The molecule has 8 heteroatoms. The lowest BCUT2D eigenvalue weighted by Gasteiger charge is -2.30. The van der Waals surface area contributed by atoms with Crippen molar-refractivity contribution in [3.05, 3.63) is 40.5 Å². The van der Waals surface area contributed by atoms with Gasteiger partial charge in [0.15, 0.2) is 0 Å². The lowest BCUT2D eigenvalue weighted by molar-refractivity contribution is -0.135. The summed E-state index contributed by atoms with van der Waals surface area (Å²) in [4.78, 5) is 30.9. The number of nitrogens with one attached hydrogen (secondary N) is 1. The minimum atomic E-state index is -1.05. The Morgan fingerprint density at radius 3 is 2.66 bits per heavy atom. The van der Waals surface area contributed by atoms with E-state index < -0.39 is 18.2 Å². The highest BCUT2D eigenvalue weighted by molar-refractivity contribution is 9.10. The van der Waals surface area contributed by atoms with Crippen molar-refractivity contribution in [3.8, 4) is 0 Å². The predicted molar refractivity (Wildman–Crippen MR) is 117 cm³/mol. The molecule has 0 aromatic heterocycles. The summed E-state index contributed by atoms with van der Waals surface area (Å²) in [6.07, 6.45) is 2.44. The fourth-order valence-corrected chi connectivity index (χ4v) is 3.89. The predicted octanol–water partition coefficient (Wildman–Crippen LogP) is 3.37. The molecule has 3 rings (SSSR count). The average Bonchev–Trinajstić information content (AvgIpc) is 3.34. The summed E-state index contributed by atoms with van der Waals surface area (Å²) < 4.78 is 5.59. The van der Waals surface area contributed by atoms with E-state index >= 15 is 0 Å². The number of allylic oxidation sites excluding steroid dienone is 1. The summed E-state index contributed by atoms with van der Waals surface area (Å²) in [5.41, 5.74) is 3.15. The Bertz CT molecular complexity index is 805. The molecule has 2 aliphatic rings. The number of nitrogens with zero attached hydrogens (tertiary/aromatic N) is 2. The molecule has 2 amide bonds. The lowest BCUT2D eigenvalue weighted by Crippen LogP contribution is -2.55. The second kappa shape index (κ2) is 10.0. The maximum atomic E-state index is 13.0. The summed E-state index contributed by atoms with van der Waals surface area (Å²) >= 11 is 3.44. The summed E-state index contributed by atoms with van der Waals surface area (Å²) in [5.74, 6) is -0.317. The highest BCUT2D eigenvalue weighted by atomic mass is 79.9. The van der Waals surface area contributed by atoms with Gasteiger partial charge in [0.25, 0.3) is 0 Å². The molecule has 0 radical (unpaired) electrons. The molecule has 0 spiro atoms. The summed E-state index contributed by atoms with van der Waals surface area (Å²) in [5, 5.41) is 12.4. The van der Waals surface area contributed by atoms with Crippen LogP contribution in [0.1, 0.15) is 39.2 Å². The van der Waals surface area contributed by atoms with E-state index in [0.717, 1.165) is 34.2 Å². The van der Waals surface area contributed by atoms with E-state index in [1.165, 1.54) is 14.0 Å². The number of carbonyl (C=O) groups is 2. The van der Waals surface area contributed by atoms with Crippen molar-refractivity contribution in [2.24, 2.45) is 4.99 Å². The smallest absolute Gasteiger partial charge is 0.407 e. The van der Waals surface area contributed by atoms with Gasteiger partial charge in [-0.05, 0) is 43.0 Å². The number of aliphatic hydroxyl groups excluding tert-OH is 1. The third-order valence-electron chi connectivity index (χ3n) is 5.10. The van der Waals surface area contributed by atoms with Crippen molar-refractivity contribution in [2.45, 2.75) is 51.8 Å². The monoisotopic (exact) mass is 465 g/mol. The molecule has 3 atom stereocenters. The minimum absolute atomic E-state index is 0. The molecule has 2 aliphatic heterocycles. The zero-order valence-electron chi connectivity index (χ0n) is 15.9. The van der Waals surface area contributed by atoms with Gasteiger partial charge < -0.3 is 20.1 Å². The zero-order valence-corrected chi connectivity index (χ0v) is 17.5. The van der Waals surface area contributed by atoms with E-state index in [1.807, 2.05) is 30.5 Å². The molecule has 2 N–H and O–H groups in total. The number of hydrogen-bond donors (Lipinski definition) is 2. The van der Waals surface area contributed by atoms with Gasteiger partial charge >= 0.3 is 6.09 Å². The zero-order chi connectivity index (χ0) is 20.3. The second-order valence-corrected chi connectivity index (χ2v) is 7.92. The first kappa shape index (κ1) is 23.1. The number of benzene rings is 1. The van der Waals surface area contributed by atoms with Crippen LogP contribution < -0.4 is 5.32 Å². The number of aliphatic imine (C=N–C) groups is 1. The van der Waals surface area contributed by atoms with Crippen molar-refractivity contribution in [2.75, 3.05) is 13.7 Å². The Kier molecular flexibility index (Phi) is 7.98. The highest BCUT2D eigenvalue weighted by Gasteiger charge is 2.38. The van der Waals surface area contributed by atoms with Crippen LogP contribution in [0.3, 0.4) is 0 Å². The van der Waals surface area contributed by atoms with Gasteiger partial charge in [-0.2, -0.15) is 0 Å². The highest BCUT2D eigenvalue weighted by Crippen LogP contribution is 2.30. The largest absolute Gasteiger partial charge is 0.453 e. The molecule has 0 saturated carbocycles. The van der Waals surface area contributed by atoms with E-state index in [9.17, 15) is 14.7 Å². The van der Waals surface area contributed by atoms with Gasteiger partial charge in [-0.1, -0.05) is 35.5 Å². The Morgan fingerprint density at radius 2 is 2.03 bits per heavy atom. The number of aliphatic hydroxyl groups is 1. The Balaban J connectivity index is 0.00000300. The van der Waals surface area contributed by atoms with Gasteiger partial charge in [0, 0.05) is 29.3 Å². The Hall–Kier alpha value is -2.19. The fourth-order valence-electron chi connectivity index (χ4n) is 3.62. The van der Waals surface area contributed by atoms with Crippen LogP contribution in [0, 0.1) is 0 Å². The van der Waals surface area contributed by atoms with Gasteiger partial charge in [-0.25, -0.2) is 4.79 Å². The maximum absolute atomic E-state index is 13.0. The van der Waals surface area contributed by atoms with Crippen LogP contribution in [0.25, 0.3) is 5.57 Å². The third kappa shape index (κ3) is 5.25. The van der Waals surface area contributed by atoms with Crippen molar-refractivity contribution < 1.29 is 19.4 Å². The number of likely N-dealkylation sites (tertiary alicyclic amines) is 1. The van der Waals surface area contributed by atoms with Gasteiger partial charge in [0.2, 0.25) is 5.91 Å². The van der Waals surface area contributed by atoms with Gasteiger partial charge in [-0.15, -0.1) is 0 Å². The molecule has 1 fully saturated rings. The topological polar surface area (TPSA) is 91.2 Å². The van der Waals surface area contributed by atoms with E-state index in [4.69, 9.17) is 0 Å². The van der Waals surface area contributed by atoms with E-state index in [2.05, 4.69) is 31.0 Å². The Labute approximate surface area is 180 Å². The average molecular weight is 466 g/mol. The number of hydrogen-bond acceptors (Lipinski definition) is 5. The minimum Gasteiger partial charge on any atom is -0.453 e. The number of rotatable bonds is 5. The van der Waals surface area contributed by atoms with Crippen LogP contribution in [0.15, 0.2) is 39.9 Å². The standard InChI is InChI=1S/C20H24BrN3O4.CH4/c1-12(25)18(23-20(27)28-2)19(26)24-9-3-4-17(24)16-10-14(11-22-16)13-5-7-15(21)8-6-13;/h5-8,11-12,17-18,25H,3-4,9-10H2,1-2H3,(H,23,27);1H4/t12-,17+,18+;/m1./s1. The van der Waals surface area contributed by atoms with Crippen molar-refractivity contribution in [3.63, 3.8) is 0 Å². The van der Waals surface area contributed by atoms with Crippen LogP contribution in [-0.2, 0) is 9.53 Å². The quantitative estimate of drug-likeness (QED) is 0.696. The van der Waals surface area contributed by atoms with Crippen molar-refractivity contribution in [1.29, 1.82) is 0 Å². The number of amides is 2. The molecule has 158 valence electrons. The number of carbonyl (C=O) groups excluding carboxylic acids is 2. The number of ether oxygens (including phenoxy) is 1. The van der Waals surface area contributed by atoms with Crippen LogP contribution >= 0.6 is 15.9 Å². The fraction of sp³-hybridized carbons (Fsp3) is 0.476. The van der Waals surface area contributed by atoms with E-state index in [0.29, 0.717) is 13.0 Å². The van der Waals surface area contributed by atoms with Crippen molar-refractivity contribution >= 4 is 39.2 Å². The third-order valence-corrected chi connectivity index (χ3v) is 5.63. The van der Waals surface area contributed by atoms with Gasteiger partial charge in [0.1, 0.15) is 6.04 Å². The molecule has 1 saturated heterocycles. The van der Waals surface area contributed by atoms with Gasteiger partial charge in [-0.3, -0.25) is 9.79 Å². The van der Waals surface area contributed by atoms with Crippen molar-refractivity contribution in [1.82, 2.24) is 10.2 Å². The van der Waals surface area contributed by atoms with Gasteiger partial charge in [0.05, 0.1) is 19.3 Å². The molecule has 0 unspecified atom stereocenters. The Morgan fingerprint density at radius 1 is 1.34 bits per heavy atom. The normalized spacial score (nSPS) is 20.3. The molecule has 1 aromatic rings. The maximum Gasteiger partial charge on any atom is 0.407 e. The van der Waals surface area contributed by atoms with E-state index in [1.54, 1.807) is 4.90 Å². The summed E-state index contributed by atoms with van der Waals surface area (Å²) in [7, 11) is 1.22. The summed E-state index contributed by atoms with van der Waals surface area (Å²) in [6, 6.07) is 6.88. The number of methoxy groups -OCH3 is 1. The van der Waals surface area contributed by atoms with Crippen LogP contribution in [0.5, 0.6) is 0 Å². The number of halogens is 1. The molecule has 0 aliphatic carbocycles. The van der Waals surface area contributed by atoms with Crippen LogP contribution in [-0.4, -0.2) is 59.6 Å². The van der Waals surface area contributed by atoms with Crippen LogP contribution in [0.2, 0.25) is 0 Å². The molecular weight excluding hydrogens is 438 g/mol. The molecule has 29 heavy (non-hydrogen) atoms. The molecular formula is C21H28BrN3O4. The lowest BCUT2D eigenvalue weighted by atomic mass is 9.98. The SMILES string of the molecule is C.COC(=O)N[C@H](C(=O)N1CCC[C@H]1C1=NC=C(c2ccc(Br)cc2)C1)[C@@H](C)O. The number of alkyl carbamates (subject to hydrolysis) is 1. The first-order chi connectivity index (χ1) is 13.4. The molecule has 7 nitrogen and oxygen atoms in total. The molecule has 0 bridgehead atoms.